The third kappa shape index (κ3) is 25.3. The molecule has 0 unspecified atom stereocenters. The molecule has 11 heteroatoms. The van der Waals surface area contributed by atoms with Crippen LogP contribution in [0.3, 0.4) is 0 Å². The van der Waals surface area contributed by atoms with Gasteiger partial charge in [0.25, 0.3) is 0 Å². The Morgan fingerprint density at radius 3 is 0.702 bits per heavy atom. The van der Waals surface area contributed by atoms with Gasteiger partial charge in [0, 0.05) is 16.7 Å². The van der Waals surface area contributed by atoms with E-state index in [9.17, 15) is 48.3 Å². The molecule has 16 rings (SSSR count). The molecule has 0 aromatic heterocycles. The van der Waals surface area contributed by atoms with Crippen molar-refractivity contribution < 1.29 is 48.3 Å². The van der Waals surface area contributed by atoms with Crippen LogP contribution in [0.25, 0.3) is 44.5 Å². The first kappa shape index (κ1) is 94.6. The predicted molar refractivity (Wildman–Crippen MR) is 491 cm³/mol. The van der Waals surface area contributed by atoms with Crippen molar-refractivity contribution in [3.05, 3.63) is 237 Å². The number of unbranched alkanes of at least 4 members (excludes halogenated alkanes) is 3. The zero-order valence-electron chi connectivity index (χ0n) is 75.6. The van der Waals surface area contributed by atoms with Crippen molar-refractivity contribution in [3.63, 3.8) is 0 Å². The number of halogens is 11. The van der Waals surface area contributed by atoms with Crippen molar-refractivity contribution in [1.29, 1.82) is 0 Å². The summed E-state index contributed by atoms with van der Waals surface area (Å²) in [5.41, 5.74) is 9.43. The van der Waals surface area contributed by atoms with Gasteiger partial charge in [0.2, 0.25) is 0 Å². The largest absolute Gasteiger partial charge is 0.207 e. The molecule has 8 aliphatic carbocycles. The molecule has 124 heavy (non-hydrogen) atoms. The number of hydrogen-bond donors (Lipinski definition) is 0. The van der Waals surface area contributed by atoms with Crippen molar-refractivity contribution in [1.82, 2.24) is 0 Å². The molecular weight excluding hydrogens is 1570 g/mol. The van der Waals surface area contributed by atoms with E-state index in [1.54, 1.807) is 6.07 Å². The van der Waals surface area contributed by atoms with E-state index in [4.69, 9.17) is 0 Å². The standard InChI is InChI=1S/C30H40F2.C29H38F2.C27H32F4.C27H33F3/c1-3-4-5-6-22-7-9-23(10-8-22)24-11-13-25(14-12-24)26-15-17-27(18-16-26)28-19-29(31)21(2)30(32)20-28;1-3-4-5-21-6-8-22(9-7-21)23-10-12-24(13-11-23)25-14-16-26(17-15-25)27-18-28(30)20(2)29(31)19-27;1-2-3-17-4-6-18(7-5-17)19-8-10-20(11-9-19)21-12-13-23(24(28)14-21)22-15-25(29)27(31)26(30)16-22;1-2-3-18-4-6-19(7-5-18)20-8-10-21(11-9-20)22-12-14-23(15-13-22)24-16-25(28)27(30)26(29)17-24/h15-20,22-25H,3-14H2,1-2H3;14-19,21-24H,3-13H2,1-2H3;12-20H,2-11H2,1H3;12-21H,2-11H2,1H3. The Hall–Kier alpha value is -7.01. The minimum absolute atomic E-state index is 0.0165. The summed E-state index contributed by atoms with van der Waals surface area (Å²) in [7, 11) is 0. The Bertz CT molecular complexity index is 4480. The van der Waals surface area contributed by atoms with Gasteiger partial charge in [-0.1, -0.05) is 235 Å². The number of hydrogen-bond acceptors (Lipinski definition) is 0. The Morgan fingerprint density at radius 2 is 0.435 bits per heavy atom. The molecule has 0 radical (unpaired) electrons. The molecular formula is C113H143F11. The van der Waals surface area contributed by atoms with Gasteiger partial charge in [-0.2, -0.15) is 0 Å². The minimum atomic E-state index is -1.53. The maximum atomic E-state index is 14.8. The highest BCUT2D eigenvalue weighted by Crippen LogP contribution is 2.51. The van der Waals surface area contributed by atoms with Crippen LogP contribution in [0.2, 0.25) is 0 Å². The maximum absolute atomic E-state index is 14.8. The Balaban J connectivity index is 0.000000142. The van der Waals surface area contributed by atoms with E-state index in [0.29, 0.717) is 45.9 Å². The minimum Gasteiger partial charge on any atom is -0.207 e. The molecule has 0 aliphatic heterocycles. The Morgan fingerprint density at radius 1 is 0.202 bits per heavy atom. The van der Waals surface area contributed by atoms with Crippen molar-refractivity contribution in [2.45, 2.75) is 341 Å². The topological polar surface area (TPSA) is 0 Å². The van der Waals surface area contributed by atoms with Crippen molar-refractivity contribution in [2.75, 3.05) is 0 Å². The summed E-state index contributed by atoms with van der Waals surface area (Å²) in [5.74, 6) is 3.12. The molecule has 0 nitrogen and oxygen atoms in total. The van der Waals surface area contributed by atoms with E-state index in [0.717, 1.165) is 125 Å². The van der Waals surface area contributed by atoms with Crippen LogP contribution in [-0.4, -0.2) is 0 Å². The SMILES string of the molecule is CCCC1CCC(C2CCC(c3ccc(-c4cc(F)c(F)c(F)c4)c(F)c3)CC2)CC1.CCCC1CCC(C2CCC(c3ccc(-c4cc(F)c(F)c(F)c4)cc3)CC2)CC1.CCCCC1CCC(C2CCC(c3ccc(-c4cc(F)c(C)c(F)c4)cc3)CC2)CC1.CCCCCC1CCC(C2CCC(c3ccc(-c4cc(F)c(C)c(F)c4)cc3)CC2)CC1. The summed E-state index contributed by atoms with van der Waals surface area (Å²) >= 11 is 0. The van der Waals surface area contributed by atoms with Crippen LogP contribution in [0.15, 0.2) is 140 Å². The van der Waals surface area contributed by atoms with Crippen molar-refractivity contribution in [3.8, 4) is 44.5 Å². The quantitative estimate of drug-likeness (QED) is 0.0340. The third-order valence-corrected chi connectivity index (χ3v) is 32.3. The molecule has 0 heterocycles. The molecule has 8 aliphatic rings. The zero-order chi connectivity index (χ0) is 87.3. The molecule has 8 aromatic rings. The lowest BCUT2D eigenvalue weighted by atomic mass is 9.68. The van der Waals surface area contributed by atoms with E-state index < -0.39 is 64.0 Å². The summed E-state index contributed by atoms with van der Waals surface area (Å²) in [6.07, 6.45) is 58.4. The molecule has 672 valence electrons. The highest BCUT2D eigenvalue weighted by Gasteiger charge is 2.37. The van der Waals surface area contributed by atoms with Gasteiger partial charge >= 0.3 is 0 Å². The van der Waals surface area contributed by atoms with Gasteiger partial charge in [0.15, 0.2) is 34.9 Å². The lowest BCUT2D eigenvalue weighted by molar-refractivity contribution is 0.155. The summed E-state index contributed by atoms with van der Waals surface area (Å²) in [6.45, 7) is 12.1. The third-order valence-electron chi connectivity index (χ3n) is 32.3. The second kappa shape index (κ2) is 46.3. The van der Waals surface area contributed by atoms with E-state index in [1.807, 2.05) is 42.5 Å². The molecule has 0 bridgehead atoms. The summed E-state index contributed by atoms with van der Waals surface area (Å²) in [5, 5.41) is 0. The predicted octanol–water partition coefficient (Wildman–Crippen LogP) is 36.3. The maximum Gasteiger partial charge on any atom is 0.194 e. The number of benzene rings is 8. The first-order valence-electron chi connectivity index (χ1n) is 49.4. The molecule has 0 amide bonds. The van der Waals surface area contributed by atoms with E-state index in [1.165, 1.54) is 324 Å². The molecule has 8 fully saturated rings. The summed E-state index contributed by atoms with van der Waals surface area (Å²) in [6, 6.07) is 39.3. The molecule has 0 N–H and O–H groups in total. The average Bonchev–Trinajstić information content (AvgIpc) is 0.813. The van der Waals surface area contributed by atoms with Crippen LogP contribution in [0, 0.1) is 149 Å². The lowest BCUT2D eigenvalue weighted by Gasteiger charge is -2.38. The van der Waals surface area contributed by atoms with Gasteiger partial charge in [-0.25, -0.2) is 48.3 Å². The van der Waals surface area contributed by atoms with Crippen LogP contribution in [-0.2, 0) is 0 Å². The van der Waals surface area contributed by atoms with E-state index in [-0.39, 0.29) is 22.3 Å². The van der Waals surface area contributed by atoms with Crippen molar-refractivity contribution in [2.24, 2.45) is 71.0 Å². The van der Waals surface area contributed by atoms with Crippen LogP contribution in [0.1, 0.15) is 361 Å². The van der Waals surface area contributed by atoms with Crippen LogP contribution in [0.4, 0.5) is 48.3 Å². The summed E-state index contributed by atoms with van der Waals surface area (Å²) in [4.78, 5) is 0. The smallest absolute Gasteiger partial charge is 0.194 e. The molecule has 0 spiro atoms. The normalized spacial score (nSPS) is 26.7. The highest BCUT2D eigenvalue weighted by molar-refractivity contribution is 5.67. The van der Waals surface area contributed by atoms with Crippen LogP contribution >= 0.6 is 0 Å². The first-order chi connectivity index (χ1) is 60.1. The van der Waals surface area contributed by atoms with Gasteiger partial charge in [-0.05, 0) is 378 Å². The second-order valence-electron chi connectivity index (χ2n) is 40.0. The monoisotopic (exact) mass is 1710 g/mol. The Kier molecular flexibility index (Phi) is 35.3. The van der Waals surface area contributed by atoms with Gasteiger partial charge in [0.1, 0.15) is 29.1 Å². The fourth-order valence-electron chi connectivity index (χ4n) is 24.4. The fraction of sp³-hybridized carbons (Fsp3) is 0.575. The molecule has 8 saturated carbocycles. The van der Waals surface area contributed by atoms with Gasteiger partial charge in [-0.3, -0.25) is 0 Å². The molecule has 8 aromatic carbocycles. The average molecular weight is 1710 g/mol. The lowest BCUT2D eigenvalue weighted by Crippen LogP contribution is -2.25. The van der Waals surface area contributed by atoms with Crippen LogP contribution < -0.4 is 0 Å². The first-order valence-corrected chi connectivity index (χ1v) is 49.4. The Labute approximate surface area is 737 Å². The van der Waals surface area contributed by atoms with Gasteiger partial charge in [0.05, 0.1) is 0 Å². The van der Waals surface area contributed by atoms with Gasteiger partial charge in [-0.15, -0.1) is 0 Å². The zero-order valence-corrected chi connectivity index (χ0v) is 75.6. The number of rotatable bonds is 23. The van der Waals surface area contributed by atoms with E-state index >= 15 is 0 Å². The van der Waals surface area contributed by atoms with Crippen LogP contribution in [0.5, 0.6) is 0 Å². The molecule has 0 saturated heterocycles. The summed E-state index contributed by atoms with van der Waals surface area (Å²) < 4.78 is 151. The second-order valence-corrected chi connectivity index (χ2v) is 40.0. The molecule has 0 atom stereocenters. The highest BCUT2D eigenvalue weighted by atomic mass is 19.2. The van der Waals surface area contributed by atoms with Crippen molar-refractivity contribution >= 4 is 0 Å². The van der Waals surface area contributed by atoms with Gasteiger partial charge < -0.3 is 0 Å². The fourth-order valence-corrected chi connectivity index (χ4v) is 24.4. The van der Waals surface area contributed by atoms with E-state index in [2.05, 4.69) is 64.1 Å².